The van der Waals surface area contributed by atoms with E-state index < -0.39 is 64.4 Å². The number of nitrogens with zero attached hydrogens (tertiary/aromatic N) is 4. The maximum Gasteiger partial charge on any atom is 0.430 e. The third-order valence-electron chi connectivity index (χ3n) is 12.9. The normalized spacial score (nSPS) is 14.2. The van der Waals surface area contributed by atoms with Gasteiger partial charge in [-0.3, -0.25) is 34.3 Å². The molecule has 0 unspecified atom stereocenters. The first-order chi connectivity index (χ1) is 37.3. The van der Waals surface area contributed by atoms with Gasteiger partial charge in [0.2, 0.25) is 17.7 Å². The van der Waals surface area contributed by atoms with Crippen LogP contribution < -0.4 is 16.0 Å². The summed E-state index contributed by atoms with van der Waals surface area (Å²) in [6.45, 7) is 5.49. The van der Waals surface area contributed by atoms with E-state index in [4.69, 9.17) is 0 Å². The van der Waals surface area contributed by atoms with Crippen LogP contribution in [0.4, 0.5) is 69.7 Å². The van der Waals surface area contributed by atoms with E-state index in [0.717, 1.165) is 78.0 Å². The first-order valence-electron chi connectivity index (χ1n) is 24.4. The van der Waals surface area contributed by atoms with Gasteiger partial charge in [-0.15, -0.1) is 0 Å². The van der Waals surface area contributed by atoms with Gasteiger partial charge >= 0.3 is 24.7 Å². The molecule has 2 fully saturated rings. The Balaban J connectivity index is 0.000000194. The van der Waals surface area contributed by atoms with Crippen molar-refractivity contribution in [3.8, 4) is 0 Å². The van der Waals surface area contributed by atoms with Crippen LogP contribution in [0.2, 0.25) is 0 Å². The molecule has 2 aliphatic carbocycles. The summed E-state index contributed by atoms with van der Waals surface area (Å²) in [5, 5.41) is 28.1. The highest BCUT2D eigenvalue weighted by molar-refractivity contribution is 5.93. The second-order valence-electron chi connectivity index (χ2n) is 19.2. The number of nitrogens with one attached hydrogen (secondary N) is 3. The number of anilines is 3. The number of aliphatic hydroxyl groups is 2. The van der Waals surface area contributed by atoms with E-state index in [1.54, 1.807) is 31.5 Å². The molecular weight excluding hydrogens is 1080 g/mol. The SMILES string of the molecule is COC(c1ccc(NC(=O)Cc2ccc(C)cn2)cc1)(C(F)(F)F)C(F)(F)F.Cc1ccc(CC(=O)Nc2ccc(C(O)(C3CC3)C3CC3)cc2)nc1.Cc1cnc(CC(=O)Nc2ccc(C(O)(C(F)(F)F)C(F)(F)F)cc2)cn1. The number of halogens is 12. The van der Waals surface area contributed by atoms with Gasteiger partial charge in [-0.1, -0.05) is 48.5 Å². The van der Waals surface area contributed by atoms with Gasteiger partial charge in [0.25, 0.3) is 11.2 Å². The number of amides is 3. The van der Waals surface area contributed by atoms with Crippen molar-refractivity contribution in [2.45, 2.75) is 107 Å². The highest BCUT2D eigenvalue weighted by Gasteiger charge is 2.73. The number of carbonyl (C=O) groups is 3. The molecule has 6 aromatic rings. The van der Waals surface area contributed by atoms with Crippen LogP contribution in [0.1, 0.15) is 76.3 Å². The highest BCUT2D eigenvalue weighted by Crippen LogP contribution is 2.58. The topological polar surface area (TPSA) is 189 Å². The Labute approximate surface area is 450 Å². The van der Waals surface area contributed by atoms with Crippen LogP contribution in [-0.4, -0.2) is 79.7 Å². The number of pyridine rings is 2. The van der Waals surface area contributed by atoms with Crippen molar-refractivity contribution in [2.24, 2.45) is 11.8 Å². The summed E-state index contributed by atoms with van der Waals surface area (Å²) in [5.41, 5.74) is -6.77. The third-order valence-corrected chi connectivity index (χ3v) is 12.9. The van der Waals surface area contributed by atoms with E-state index in [-0.39, 0.29) is 36.5 Å². The molecular formula is C55H53F12N7O6. The van der Waals surface area contributed by atoms with Gasteiger partial charge in [-0.25, -0.2) is 0 Å². The fourth-order valence-corrected chi connectivity index (χ4v) is 8.41. The smallest absolute Gasteiger partial charge is 0.385 e. The summed E-state index contributed by atoms with van der Waals surface area (Å²) in [5.74, 6) is -0.374. The molecule has 3 aromatic heterocycles. The Morgan fingerprint density at radius 2 is 0.812 bits per heavy atom. The monoisotopic (exact) mass is 1140 g/mol. The Hall–Kier alpha value is -7.51. The van der Waals surface area contributed by atoms with E-state index in [1.807, 2.05) is 50.2 Å². The number of aromatic nitrogens is 4. The lowest BCUT2D eigenvalue weighted by Gasteiger charge is -2.36. The molecule has 3 heterocycles. The fourth-order valence-electron chi connectivity index (χ4n) is 8.41. The number of hydrogen-bond donors (Lipinski definition) is 5. The molecule has 0 aliphatic heterocycles. The fraction of sp³-hybridized carbons (Fsp3) is 0.364. The number of ether oxygens (including phenoxy) is 1. The number of alkyl halides is 12. The van der Waals surface area contributed by atoms with Crippen molar-refractivity contribution in [3.05, 3.63) is 172 Å². The van der Waals surface area contributed by atoms with Gasteiger partial charge in [0.1, 0.15) is 0 Å². The molecule has 0 atom stereocenters. The molecule has 8 rings (SSSR count). The van der Waals surface area contributed by atoms with E-state index in [1.165, 1.54) is 12.4 Å². The van der Waals surface area contributed by atoms with E-state index in [0.29, 0.717) is 60.3 Å². The van der Waals surface area contributed by atoms with Gasteiger partial charge in [-0.2, -0.15) is 52.7 Å². The van der Waals surface area contributed by atoms with Crippen molar-refractivity contribution in [1.82, 2.24) is 19.9 Å². The minimum Gasteiger partial charge on any atom is -0.385 e. The zero-order valence-electron chi connectivity index (χ0n) is 43.0. The van der Waals surface area contributed by atoms with E-state index >= 15 is 0 Å². The molecule has 3 aromatic carbocycles. The summed E-state index contributed by atoms with van der Waals surface area (Å²) in [4.78, 5) is 52.3. The quantitative estimate of drug-likeness (QED) is 0.0619. The van der Waals surface area contributed by atoms with Crippen molar-refractivity contribution in [1.29, 1.82) is 0 Å². The summed E-state index contributed by atoms with van der Waals surface area (Å²) in [6.07, 6.45) is -12.8. The summed E-state index contributed by atoms with van der Waals surface area (Å²) in [7, 11) is 0.339. The molecule has 5 N–H and O–H groups in total. The molecule has 13 nitrogen and oxygen atoms in total. The van der Waals surface area contributed by atoms with Gasteiger partial charge in [-0.05, 0) is 124 Å². The lowest BCUT2D eigenvalue weighted by atomic mass is 9.84. The summed E-state index contributed by atoms with van der Waals surface area (Å²) >= 11 is 0. The average Bonchev–Trinajstić information content (AvgIpc) is 4.41. The summed E-state index contributed by atoms with van der Waals surface area (Å²) in [6, 6.07) is 20.6. The Kier molecular flexibility index (Phi) is 18.9. The van der Waals surface area contributed by atoms with Crippen LogP contribution in [0.3, 0.4) is 0 Å². The lowest BCUT2D eigenvalue weighted by Crippen LogP contribution is -2.55. The van der Waals surface area contributed by atoms with E-state index in [9.17, 15) is 77.3 Å². The molecule has 2 saturated carbocycles. The number of benzene rings is 3. The predicted octanol–water partition coefficient (Wildman–Crippen LogP) is 11.4. The molecule has 3 amide bonds. The van der Waals surface area contributed by atoms with Gasteiger partial charge in [0, 0.05) is 71.5 Å². The third kappa shape index (κ3) is 14.8. The molecule has 25 heteroatoms. The van der Waals surface area contributed by atoms with Crippen LogP contribution in [0.15, 0.2) is 122 Å². The first kappa shape index (κ1) is 61.7. The molecule has 0 radical (unpaired) electrons. The lowest BCUT2D eigenvalue weighted by molar-refractivity contribution is -0.383. The second-order valence-corrected chi connectivity index (χ2v) is 19.2. The van der Waals surface area contributed by atoms with Crippen LogP contribution >= 0.6 is 0 Å². The van der Waals surface area contributed by atoms with E-state index in [2.05, 4.69) is 40.6 Å². The van der Waals surface area contributed by atoms with Crippen molar-refractivity contribution >= 4 is 34.8 Å². The number of aryl methyl sites for hydroxylation is 3. The minimum absolute atomic E-state index is 0.0372. The predicted molar refractivity (Wildman–Crippen MR) is 267 cm³/mol. The zero-order chi connectivity index (χ0) is 59.1. The molecule has 0 spiro atoms. The standard InChI is InChI=1S/C21H24N2O2.C18H16F6N2O2.C16H13F6N3O2/c1-14-2-9-19(22-13-14)12-20(24)23-18-10-7-17(8-11-18)21(25,15-3-4-15)16-5-6-16;1-11-3-6-14(25-10-11)9-15(27)26-13-7-4-12(5-8-13)16(28-2,17(19,20)21)18(22,23)24;1-9-7-24-12(8-23-9)6-13(26)25-11-4-2-10(3-5-11)14(27,15(17,18)19)16(20,21)22/h2,7-11,13,15-16,25H,3-6,12H2,1H3,(H,23,24);3-8,10H,9H2,1-2H3,(H,26,27);2-5,7-8,27H,6H2,1H3,(H,25,26). The Morgan fingerprint density at radius 3 is 1.11 bits per heavy atom. The molecule has 0 bridgehead atoms. The summed E-state index contributed by atoms with van der Waals surface area (Å²) < 4.78 is 160. The maximum atomic E-state index is 13.2. The number of carbonyl (C=O) groups excluding carboxylic acids is 3. The van der Waals surface area contributed by atoms with Gasteiger partial charge < -0.3 is 30.9 Å². The van der Waals surface area contributed by atoms with Gasteiger partial charge in [0.15, 0.2) is 0 Å². The number of rotatable bonds is 15. The molecule has 80 heavy (non-hydrogen) atoms. The van der Waals surface area contributed by atoms with Crippen molar-refractivity contribution < 1.29 is 82.0 Å². The van der Waals surface area contributed by atoms with Crippen LogP contribution in [0, 0.1) is 32.6 Å². The zero-order valence-corrected chi connectivity index (χ0v) is 43.0. The van der Waals surface area contributed by atoms with Crippen LogP contribution in [0.5, 0.6) is 0 Å². The minimum atomic E-state index is -5.97. The van der Waals surface area contributed by atoms with Crippen LogP contribution in [0.25, 0.3) is 0 Å². The average molecular weight is 1140 g/mol. The Bertz CT molecular complexity index is 3000. The van der Waals surface area contributed by atoms with Crippen LogP contribution in [-0.2, 0) is 55.2 Å². The first-order valence-corrected chi connectivity index (χ1v) is 24.4. The van der Waals surface area contributed by atoms with Gasteiger partial charge in [0.05, 0.1) is 36.3 Å². The van der Waals surface area contributed by atoms with Crippen molar-refractivity contribution in [2.75, 3.05) is 23.1 Å². The molecule has 428 valence electrons. The molecule has 0 saturated heterocycles. The maximum absolute atomic E-state index is 13.2. The second kappa shape index (κ2) is 24.5. The Morgan fingerprint density at radius 1 is 0.463 bits per heavy atom. The molecule has 2 aliphatic rings. The number of methoxy groups -OCH3 is 1. The highest BCUT2D eigenvalue weighted by atomic mass is 19.4. The van der Waals surface area contributed by atoms with Crippen molar-refractivity contribution in [3.63, 3.8) is 0 Å². The largest absolute Gasteiger partial charge is 0.430 e. The number of hydrogen-bond acceptors (Lipinski definition) is 10.